The Morgan fingerprint density at radius 1 is 1.12 bits per heavy atom. The molecule has 92 valence electrons. The molecule has 0 amide bonds. The van der Waals surface area contributed by atoms with Gasteiger partial charge >= 0.3 is 0 Å². The molecule has 4 N–H and O–H groups in total. The Bertz CT molecular complexity index is 415. The third-order valence-electron chi connectivity index (χ3n) is 3.04. The van der Waals surface area contributed by atoms with Gasteiger partial charge in [-0.3, -0.25) is 4.79 Å². The van der Waals surface area contributed by atoms with Gasteiger partial charge in [-0.2, -0.15) is 0 Å². The average Bonchev–Trinajstić information content (AvgIpc) is 2.28. The average molecular weight is 237 g/mol. The summed E-state index contributed by atoms with van der Waals surface area (Å²) in [5.74, 6) is -1.45. The van der Waals surface area contributed by atoms with Crippen LogP contribution in [0.1, 0.15) is 23.2 Å². The van der Waals surface area contributed by atoms with Crippen LogP contribution < -0.4 is 5.32 Å². The fraction of sp³-hybridized carbons (Fsp3) is 0.417. The van der Waals surface area contributed by atoms with Gasteiger partial charge in [-0.1, -0.05) is 0 Å². The minimum Gasteiger partial charge on any atom is -0.508 e. The number of piperidine rings is 1. The van der Waals surface area contributed by atoms with Gasteiger partial charge in [-0.15, -0.1) is 0 Å². The molecular weight excluding hydrogens is 222 g/mol. The minimum atomic E-state index is -0.369. The summed E-state index contributed by atoms with van der Waals surface area (Å²) in [6.07, 6.45) is 1.39. The first kappa shape index (κ1) is 11.7. The molecule has 1 aromatic carbocycles. The van der Waals surface area contributed by atoms with Crippen molar-refractivity contribution in [1.82, 2.24) is 5.32 Å². The van der Waals surface area contributed by atoms with Crippen LogP contribution in [0.3, 0.4) is 0 Å². The lowest BCUT2D eigenvalue weighted by Gasteiger charge is -2.22. The molecule has 1 aliphatic rings. The van der Waals surface area contributed by atoms with Crippen LogP contribution in [-0.4, -0.2) is 34.2 Å². The van der Waals surface area contributed by atoms with Gasteiger partial charge in [0.2, 0.25) is 0 Å². The predicted molar refractivity (Wildman–Crippen MR) is 61.4 cm³/mol. The number of phenolic OH excluding ortho intramolecular Hbond substituents is 3. The lowest BCUT2D eigenvalue weighted by atomic mass is 9.89. The summed E-state index contributed by atoms with van der Waals surface area (Å²) >= 11 is 0. The molecule has 1 aromatic rings. The summed E-state index contributed by atoms with van der Waals surface area (Å²) in [5.41, 5.74) is -0.0882. The van der Waals surface area contributed by atoms with E-state index in [4.69, 9.17) is 5.11 Å². The second-order valence-electron chi connectivity index (χ2n) is 4.25. The maximum absolute atomic E-state index is 12.1. The lowest BCUT2D eigenvalue weighted by Crippen LogP contribution is -2.31. The summed E-state index contributed by atoms with van der Waals surface area (Å²) in [6, 6.07) is 2.13. The fourth-order valence-electron chi connectivity index (χ4n) is 2.14. The van der Waals surface area contributed by atoms with Gasteiger partial charge < -0.3 is 20.6 Å². The van der Waals surface area contributed by atoms with Crippen molar-refractivity contribution in [3.05, 3.63) is 17.7 Å². The van der Waals surface area contributed by atoms with E-state index in [1.807, 2.05) is 0 Å². The molecule has 5 nitrogen and oxygen atoms in total. The van der Waals surface area contributed by atoms with Gasteiger partial charge in [-0.25, -0.2) is 0 Å². The first-order valence-electron chi connectivity index (χ1n) is 5.59. The van der Waals surface area contributed by atoms with Crippen molar-refractivity contribution in [1.29, 1.82) is 0 Å². The smallest absolute Gasteiger partial charge is 0.173 e. The molecule has 0 radical (unpaired) electrons. The molecule has 0 unspecified atom stereocenters. The third-order valence-corrected chi connectivity index (χ3v) is 3.04. The van der Waals surface area contributed by atoms with Crippen molar-refractivity contribution in [3.8, 4) is 17.2 Å². The molecule has 0 spiro atoms. The van der Waals surface area contributed by atoms with Crippen molar-refractivity contribution in [3.63, 3.8) is 0 Å². The topological polar surface area (TPSA) is 89.8 Å². The van der Waals surface area contributed by atoms with Crippen molar-refractivity contribution in [2.24, 2.45) is 5.92 Å². The molecule has 0 atom stereocenters. The van der Waals surface area contributed by atoms with Crippen LogP contribution in [0.5, 0.6) is 17.2 Å². The van der Waals surface area contributed by atoms with Gasteiger partial charge in [0, 0.05) is 18.1 Å². The number of carbonyl (C=O) groups is 1. The highest BCUT2D eigenvalue weighted by molar-refractivity contribution is 6.02. The molecule has 2 rings (SSSR count). The number of Topliss-reactive ketones (excluding diaryl/α,β-unsaturated/α-hetero) is 1. The van der Waals surface area contributed by atoms with Crippen molar-refractivity contribution in [2.75, 3.05) is 13.1 Å². The van der Waals surface area contributed by atoms with Crippen molar-refractivity contribution < 1.29 is 20.1 Å². The standard InChI is InChI=1S/C12H15NO4/c14-8-5-9(15)11(10(16)6-8)12(17)7-1-3-13-4-2-7/h5-7,13-16H,1-4H2. The number of phenols is 3. The highest BCUT2D eigenvalue weighted by Gasteiger charge is 2.27. The molecule has 1 aliphatic heterocycles. The number of ketones is 1. The normalized spacial score (nSPS) is 16.9. The molecule has 1 fully saturated rings. The van der Waals surface area contributed by atoms with E-state index in [0.29, 0.717) is 12.8 Å². The lowest BCUT2D eigenvalue weighted by molar-refractivity contribution is 0.0889. The number of hydrogen-bond donors (Lipinski definition) is 4. The molecule has 1 saturated heterocycles. The van der Waals surface area contributed by atoms with E-state index in [1.165, 1.54) is 0 Å². The van der Waals surface area contributed by atoms with Gasteiger partial charge in [0.15, 0.2) is 5.78 Å². The number of hydrogen-bond acceptors (Lipinski definition) is 5. The van der Waals surface area contributed by atoms with E-state index in [2.05, 4.69) is 5.32 Å². The van der Waals surface area contributed by atoms with Crippen LogP contribution in [0, 0.1) is 5.92 Å². The molecule has 17 heavy (non-hydrogen) atoms. The monoisotopic (exact) mass is 237 g/mol. The SMILES string of the molecule is O=C(c1c(O)cc(O)cc1O)C1CCNCC1. The Morgan fingerprint density at radius 3 is 2.18 bits per heavy atom. The summed E-state index contributed by atoms with van der Waals surface area (Å²) in [7, 11) is 0. The van der Waals surface area contributed by atoms with Gasteiger partial charge in [0.25, 0.3) is 0 Å². The third kappa shape index (κ3) is 2.34. The largest absolute Gasteiger partial charge is 0.508 e. The Labute approximate surface area is 98.7 Å². The van der Waals surface area contributed by atoms with E-state index < -0.39 is 0 Å². The van der Waals surface area contributed by atoms with Crippen LogP contribution >= 0.6 is 0 Å². The second kappa shape index (κ2) is 4.63. The summed E-state index contributed by atoms with van der Waals surface area (Å²) in [5, 5.41) is 31.5. The molecule has 1 heterocycles. The maximum atomic E-state index is 12.1. The minimum absolute atomic E-state index is 0.0882. The van der Waals surface area contributed by atoms with Crippen LogP contribution in [-0.2, 0) is 0 Å². The quantitative estimate of drug-likeness (QED) is 0.576. The summed E-state index contributed by atoms with van der Waals surface area (Å²) in [4.78, 5) is 12.1. The molecule has 0 aliphatic carbocycles. The molecule has 0 bridgehead atoms. The van der Waals surface area contributed by atoms with Gasteiger partial charge in [0.05, 0.1) is 0 Å². The van der Waals surface area contributed by atoms with Crippen LogP contribution in [0.2, 0.25) is 0 Å². The number of benzene rings is 1. The van der Waals surface area contributed by atoms with E-state index in [0.717, 1.165) is 25.2 Å². The number of nitrogens with one attached hydrogen (secondary N) is 1. The molecular formula is C12H15NO4. The first-order chi connectivity index (χ1) is 8.09. The highest BCUT2D eigenvalue weighted by Crippen LogP contribution is 2.34. The first-order valence-corrected chi connectivity index (χ1v) is 5.59. The number of rotatable bonds is 2. The zero-order valence-corrected chi connectivity index (χ0v) is 9.31. The molecule has 0 aromatic heterocycles. The number of carbonyl (C=O) groups excluding carboxylic acids is 1. The Kier molecular flexibility index (Phi) is 3.19. The van der Waals surface area contributed by atoms with Crippen LogP contribution in [0.25, 0.3) is 0 Å². The van der Waals surface area contributed by atoms with E-state index in [-0.39, 0.29) is 34.5 Å². The maximum Gasteiger partial charge on any atom is 0.173 e. The highest BCUT2D eigenvalue weighted by atomic mass is 16.3. The van der Waals surface area contributed by atoms with Crippen LogP contribution in [0.15, 0.2) is 12.1 Å². The zero-order valence-electron chi connectivity index (χ0n) is 9.31. The van der Waals surface area contributed by atoms with Gasteiger partial charge in [-0.05, 0) is 25.9 Å². The van der Waals surface area contributed by atoms with Crippen molar-refractivity contribution >= 4 is 5.78 Å². The summed E-state index contributed by atoms with van der Waals surface area (Å²) in [6.45, 7) is 1.52. The van der Waals surface area contributed by atoms with E-state index in [1.54, 1.807) is 0 Å². The Balaban J connectivity index is 2.30. The van der Waals surface area contributed by atoms with Gasteiger partial charge in [0.1, 0.15) is 22.8 Å². The molecule has 0 saturated carbocycles. The second-order valence-corrected chi connectivity index (χ2v) is 4.25. The Morgan fingerprint density at radius 2 is 1.65 bits per heavy atom. The fourth-order valence-corrected chi connectivity index (χ4v) is 2.14. The number of aromatic hydroxyl groups is 3. The van der Waals surface area contributed by atoms with E-state index >= 15 is 0 Å². The predicted octanol–water partition coefficient (Wildman–Crippen LogP) is 0.986. The zero-order chi connectivity index (χ0) is 12.4. The van der Waals surface area contributed by atoms with E-state index in [9.17, 15) is 15.0 Å². The van der Waals surface area contributed by atoms with Crippen molar-refractivity contribution in [2.45, 2.75) is 12.8 Å². The Hall–Kier alpha value is -1.75. The molecule has 5 heteroatoms. The summed E-state index contributed by atoms with van der Waals surface area (Å²) < 4.78 is 0. The van der Waals surface area contributed by atoms with Crippen LogP contribution in [0.4, 0.5) is 0 Å².